The Bertz CT molecular complexity index is 652. The van der Waals surface area contributed by atoms with Gasteiger partial charge >= 0.3 is 5.97 Å². The van der Waals surface area contributed by atoms with Gasteiger partial charge in [0.05, 0.1) is 5.60 Å². The van der Waals surface area contributed by atoms with Crippen molar-refractivity contribution in [3.8, 4) is 0 Å². The molecule has 4 nitrogen and oxygen atoms in total. The molecule has 0 aromatic rings. The van der Waals surface area contributed by atoms with E-state index in [9.17, 15) is 14.7 Å². The number of allylic oxidation sites excluding steroid dienone is 1. The number of carbonyl (C=O) groups excluding carboxylic acids is 2. The molecule has 0 aromatic carbocycles. The Hall–Kier alpha value is -1.16. The van der Waals surface area contributed by atoms with E-state index in [1.54, 1.807) is 0 Å². The lowest BCUT2D eigenvalue weighted by atomic mass is 9.46. The second-order valence-corrected chi connectivity index (χ2v) is 9.32. The predicted molar refractivity (Wildman–Crippen MR) is 93.7 cm³/mol. The third-order valence-electron chi connectivity index (χ3n) is 8.37. The molecule has 3 saturated carbocycles. The lowest BCUT2D eigenvalue weighted by Crippen LogP contribution is -2.61. The minimum atomic E-state index is -0.758. The van der Waals surface area contributed by atoms with Crippen molar-refractivity contribution in [1.29, 1.82) is 0 Å². The zero-order valence-electron chi connectivity index (χ0n) is 15.6. The lowest BCUT2D eigenvalue weighted by Gasteiger charge is -2.61. The van der Waals surface area contributed by atoms with Crippen LogP contribution in [-0.2, 0) is 14.3 Å². The maximum absolute atomic E-state index is 11.9. The van der Waals surface area contributed by atoms with Crippen LogP contribution >= 0.6 is 0 Å². The molecule has 0 radical (unpaired) electrons. The van der Waals surface area contributed by atoms with Gasteiger partial charge in [0.2, 0.25) is 0 Å². The third kappa shape index (κ3) is 2.22. The van der Waals surface area contributed by atoms with Crippen LogP contribution in [0.1, 0.15) is 72.1 Å². The van der Waals surface area contributed by atoms with Crippen molar-refractivity contribution < 1.29 is 19.4 Å². The fourth-order valence-electron chi connectivity index (χ4n) is 6.87. The van der Waals surface area contributed by atoms with Crippen molar-refractivity contribution in [3.05, 3.63) is 11.6 Å². The molecule has 0 aromatic heterocycles. The molecule has 1 N–H and O–H groups in total. The summed E-state index contributed by atoms with van der Waals surface area (Å²) in [6.45, 7) is 5.90. The quantitative estimate of drug-likeness (QED) is 0.737. The van der Waals surface area contributed by atoms with Gasteiger partial charge in [0.25, 0.3) is 0 Å². The van der Waals surface area contributed by atoms with Crippen LogP contribution < -0.4 is 0 Å². The second kappa shape index (κ2) is 5.42. The number of ketones is 1. The Morgan fingerprint density at radius 3 is 2.60 bits per heavy atom. The summed E-state index contributed by atoms with van der Waals surface area (Å²) in [5.41, 5.74) is 0.258. The van der Waals surface area contributed by atoms with Crippen molar-refractivity contribution in [1.82, 2.24) is 0 Å². The molecule has 0 amide bonds. The van der Waals surface area contributed by atoms with Crippen LogP contribution in [0.25, 0.3) is 0 Å². The van der Waals surface area contributed by atoms with Crippen molar-refractivity contribution in [2.24, 2.45) is 22.7 Å². The van der Waals surface area contributed by atoms with E-state index in [0.717, 1.165) is 44.9 Å². The van der Waals surface area contributed by atoms with E-state index in [1.807, 2.05) is 6.08 Å². The van der Waals surface area contributed by atoms with Gasteiger partial charge in [-0.25, -0.2) is 0 Å². The summed E-state index contributed by atoms with van der Waals surface area (Å²) in [6.07, 6.45) is 8.54. The summed E-state index contributed by atoms with van der Waals surface area (Å²) in [5.74, 6) is 0.683. The summed E-state index contributed by atoms with van der Waals surface area (Å²) in [4.78, 5) is 23.4. The van der Waals surface area contributed by atoms with E-state index in [1.165, 1.54) is 12.5 Å². The van der Waals surface area contributed by atoms with Crippen molar-refractivity contribution in [2.75, 3.05) is 0 Å². The Morgan fingerprint density at radius 2 is 1.88 bits per heavy atom. The highest BCUT2D eigenvalue weighted by molar-refractivity contribution is 5.91. The number of hydrogen-bond acceptors (Lipinski definition) is 4. The third-order valence-corrected chi connectivity index (χ3v) is 8.37. The fourth-order valence-corrected chi connectivity index (χ4v) is 6.87. The van der Waals surface area contributed by atoms with Gasteiger partial charge in [-0.15, -0.1) is 0 Å². The van der Waals surface area contributed by atoms with E-state index in [0.29, 0.717) is 12.3 Å². The Labute approximate surface area is 150 Å². The summed E-state index contributed by atoms with van der Waals surface area (Å²) in [6, 6.07) is 0. The Balaban J connectivity index is 1.68. The normalized spacial score (nSPS) is 48.9. The van der Waals surface area contributed by atoms with Gasteiger partial charge in [0.15, 0.2) is 5.78 Å². The number of rotatable bonds is 1. The largest absolute Gasteiger partial charge is 0.462 e. The maximum Gasteiger partial charge on any atom is 0.302 e. The molecule has 25 heavy (non-hydrogen) atoms. The molecule has 0 bridgehead atoms. The zero-order valence-corrected chi connectivity index (χ0v) is 15.6. The highest BCUT2D eigenvalue weighted by Crippen LogP contribution is 2.67. The predicted octanol–water partition coefficient (Wildman–Crippen LogP) is 3.56. The van der Waals surface area contributed by atoms with E-state index < -0.39 is 5.60 Å². The van der Waals surface area contributed by atoms with Crippen molar-refractivity contribution in [2.45, 2.75) is 83.8 Å². The first-order valence-corrected chi connectivity index (χ1v) is 9.84. The molecule has 138 valence electrons. The summed E-state index contributed by atoms with van der Waals surface area (Å²) >= 11 is 0. The van der Waals surface area contributed by atoms with Crippen LogP contribution in [0.5, 0.6) is 0 Å². The lowest BCUT2D eigenvalue weighted by molar-refractivity contribution is -0.201. The monoisotopic (exact) mass is 346 g/mol. The fraction of sp³-hybridized carbons (Fsp3) is 0.810. The van der Waals surface area contributed by atoms with Crippen LogP contribution in [-0.4, -0.2) is 28.6 Å². The van der Waals surface area contributed by atoms with Crippen LogP contribution in [0, 0.1) is 22.7 Å². The number of hydrogen-bond donors (Lipinski definition) is 1. The first-order chi connectivity index (χ1) is 11.7. The van der Waals surface area contributed by atoms with Gasteiger partial charge in [-0.2, -0.15) is 0 Å². The van der Waals surface area contributed by atoms with E-state index >= 15 is 0 Å². The standard InChI is InChI=1S/C21H30O4/c1-13(22)25-18-8-11-21(24)17-5-4-14-12-15(23)6-9-19(14,2)16(17)7-10-20(18,21)3/h12,16-18,24H,4-11H2,1-3H3/t16?,17?,18?,19-,20+,21+/m0/s1. The minimum Gasteiger partial charge on any atom is -0.462 e. The van der Waals surface area contributed by atoms with Gasteiger partial charge in [-0.3, -0.25) is 9.59 Å². The van der Waals surface area contributed by atoms with Gasteiger partial charge < -0.3 is 9.84 Å². The zero-order chi connectivity index (χ0) is 18.0. The van der Waals surface area contributed by atoms with Gasteiger partial charge in [0, 0.05) is 18.8 Å². The summed E-state index contributed by atoms with van der Waals surface area (Å²) in [5, 5.41) is 11.8. The Morgan fingerprint density at radius 1 is 1.12 bits per heavy atom. The molecule has 0 spiro atoms. The first kappa shape index (κ1) is 17.3. The average Bonchev–Trinajstić information content (AvgIpc) is 2.80. The second-order valence-electron chi connectivity index (χ2n) is 9.32. The van der Waals surface area contributed by atoms with Gasteiger partial charge in [0.1, 0.15) is 6.10 Å². The van der Waals surface area contributed by atoms with Crippen LogP contribution in [0.2, 0.25) is 0 Å². The van der Waals surface area contributed by atoms with E-state index in [4.69, 9.17) is 4.74 Å². The van der Waals surface area contributed by atoms with Crippen LogP contribution in [0.15, 0.2) is 11.6 Å². The maximum atomic E-state index is 11.9. The molecule has 3 unspecified atom stereocenters. The molecule has 3 fully saturated rings. The topological polar surface area (TPSA) is 63.6 Å². The first-order valence-electron chi connectivity index (χ1n) is 9.84. The molecule has 6 atom stereocenters. The van der Waals surface area contributed by atoms with Gasteiger partial charge in [-0.05, 0) is 68.3 Å². The number of carbonyl (C=O) groups is 2. The van der Waals surface area contributed by atoms with E-state index in [2.05, 4.69) is 13.8 Å². The molecule has 0 saturated heterocycles. The summed E-state index contributed by atoms with van der Waals surface area (Å²) in [7, 11) is 0. The Kier molecular flexibility index (Phi) is 3.74. The van der Waals surface area contributed by atoms with Crippen molar-refractivity contribution in [3.63, 3.8) is 0 Å². The molecule has 0 heterocycles. The van der Waals surface area contributed by atoms with Crippen LogP contribution in [0.4, 0.5) is 0 Å². The van der Waals surface area contributed by atoms with E-state index in [-0.39, 0.29) is 34.6 Å². The SMILES string of the molecule is CC(=O)OC1CC[C@@]2(O)C3CCC4=CC(=O)CC[C@]4(C)C3CC[C@]12C. The molecule has 4 aliphatic carbocycles. The smallest absolute Gasteiger partial charge is 0.302 e. The molecular weight excluding hydrogens is 316 g/mol. The van der Waals surface area contributed by atoms with Crippen LogP contribution in [0.3, 0.4) is 0 Å². The molecule has 4 rings (SSSR count). The molecule has 4 heteroatoms. The number of aliphatic hydroxyl groups is 1. The number of fused-ring (bicyclic) bond motifs is 5. The molecular formula is C21H30O4. The minimum absolute atomic E-state index is 0.0490. The summed E-state index contributed by atoms with van der Waals surface area (Å²) < 4.78 is 5.62. The van der Waals surface area contributed by atoms with Crippen molar-refractivity contribution >= 4 is 11.8 Å². The average molecular weight is 346 g/mol. The number of ether oxygens (including phenoxy) is 1. The highest BCUT2D eigenvalue weighted by atomic mass is 16.5. The highest BCUT2D eigenvalue weighted by Gasteiger charge is 2.67. The number of esters is 1. The van der Waals surface area contributed by atoms with Gasteiger partial charge in [-0.1, -0.05) is 19.4 Å². The molecule has 4 aliphatic rings. The molecule has 0 aliphatic heterocycles.